The largest absolute Gasteiger partial charge is 0.481 e. The molecule has 0 spiro atoms. The van der Waals surface area contributed by atoms with Crippen molar-refractivity contribution < 1.29 is 19.4 Å². The highest BCUT2D eigenvalue weighted by Gasteiger charge is 2.27. The molecule has 1 fully saturated rings. The molecule has 0 aliphatic carbocycles. The zero-order valence-electron chi connectivity index (χ0n) is 7.81. The van der Waals surface area contributed by atoms with E-state index in [2.05, 4.69) is 0 Å². The van der Waals surface area contributed by atoms with Crippen LogP contribution in [-0.4, -0.2) is 54.7 Å². The summed E-state index contributed by atoms with van der Waals surface area (Å²) in [6.45, 7) is 2.62. The number of primary amides is 1. The first-order chi connectivity index (χ1) is 6.61. The predicted octanol–water partition coefficient (Wildman–Crippen LogP) is -1.50. The molecule has 0 saturated carbocycles. The van der Waals surface area contributed by atoms with Crippen molar-refractivity contribution in [2.45, 2.75) is 0 Å². The normalized spacial score (nSPS) is 20.3. The molecule has 1 atom stereocenters. The summed E-state index contributed by atoms with van der Waals surface area (Å²) in [5.41, 5.74) is 4.98. The van der Waals surface area contributed by atoms with Gasteiger partial charge in [-0.3, -0.25) is 14.5 Å². The maximum absolute atomic E-state index is 10.8. The van der Waals surface area contributed by atoms with Crippen LogP contribution in [0.5, 0.6) is 0 Å². The molecule has 0 aromatic carbocycles. The van der Waals surface area contributed by atoms with Gasteiger partial charge in [0.25, 0.3) is 0 Å². The van der Waals surface area contributed by atoms with Crippen molar-refractivity contribution in [3.63, 3.8) is 0 Å². The number of nitrogens with two attached hydrogens (primary N) is 1. The van der Waals surface area contributed by atoms with Gasteiger partial charge in [0.2, 0.25) is 5.91 Å². The van der Waals surface area contributed by atoms with Crippen molar-refractivity contribution in [2.24, 2.45) is 11.7 Å². The second kappa shape index (κ2) is 4.92. The van der Waals surface area contributed by atoms with Gasteiger partial charge in [0.15, 0.2) is 0 Å². The van der Waals surface area contributed by atoms with E-state index in [9.17, 15) is 9.59 Å². The summed E-state index contributed by atoms with van der Waals surface area (Å²) in [4.78, 5) is 23.3. The number of ether oxygens (including phenoxy) is 1. The molecule has 6 heteroatoms. The molecule has 0 radical (unpaired) electrons. The van der Waals surface area contributed by atoms with Crippen molar-refractivity contribution in [1.29, 1.82) is 0 Å². The fourth-order valence-electron chi connectivity index (χ4n) is 1.33. The topological polar surface area (TPSA) is 92.9 Å². The van der Waals surface area contributed by atoms with E-state index >= 15 is 0 Å². The third-order valence-corrected chi connectivity index (χ3v) is 2.19. The smallest absolute Gasteiger partial charge is 0.317 e. The highest BCUT2D eigenvalue weighted by atomic mass is 16.5. The van der Waals surface area contributed by atoms with Crippen LogP contribution in [0.15, 0.2) is 0 Å². The molecule has 3 N–H and O–H groups in total. The van der Waals surface area contributed by atoms with Gasteiger partial charge in [-0.2, -0.15) is 0 Å². The monoisotopic (exact) mass is 202 g/mol. The average molecular weight is 202 g/mol. The molecule has 0 aromatic rings. The summed E-state index contributed by atoms with van der Waals surface area (Å²) in [6, 6.07) is 0. The first-order valence-electron chi connectivity index (χ1n) is 4.43. The van der Waals surface area contributed by atoms with Crippen molar-refractivity contribution in [3.05, 3.63) is 0 Å². The van der Waals surface area contributed by atoms with Gasteiger partial charge in [0, 0.05) is 19.6 Å². The predicted molar refractivity (Wildman–Crippen MR) is 47.6 cm³/mol. The number of amides is 1. The number of rotatable bonds is 4. The van der Waals surface area contributed by atoms with Crippen molar-refractivity contribution in [2.75, 3.05) is 32.8 Å². The standard InChI is InChI=1S/C8H14N2O4/c9-7(11)6(8(12)13)5-10-1-3-14-4-2-10/h6H,1-5H2,(H2,9,11)(H,12,13). The highest BCUT2D eigenvalue weighted by molar-refractivity contribution is 5.96. The van der Waals surface area contributed by atoms with Gasteiger partial charge < -0.3 is 15.6 Å². The minimum Gasteiger partial charge on any atom is -0.481 e. The molecule has 80 valence electrons. The molecule has 0 aromatic heterocycles. The zero-order chi connectivity index (χ0) is 10.6. The van der Waals surface area contributed by atoms with Crippen LogP contribution in [0, 0.1) is 5.92 Å². The molecule has 1 aliphatic rings. The number of hydrogen-bond acceptors (Lipinski definition) is 4. The minimum atomic E-state index is -1.16. The second-order valence-corrected chi connectivity index (χ2v) is 3.21. The molecule has 1 amide bonds. The lowest BCUT2D eigenvalue weighted by atomic mass is 10.1. The fraction of sp³-hybridized carbons (Fsp3) is 0.750. The zero-order valence-corrected chi connectivity index (χ0v) is 7.81. The Bertz CT molecular complexity index is 211. The molecule has 0 bridgehead atoms. The quantitative estimate of drug-likeness (QED) is 0.541. The van der Waals surface area contributed by atoms with Crippen LogP contribution < -0.4 is 5.73 Å². The Labute approximate surface area is 81.6 Å². The molecular formula is C8H14N2O4. The van der Waals surface area contributed by atoms with Gasteiger partial charge in [0.05, 0.1) is 13.2 Å². The summed E-state index contributed by atoms with van der Waals surface area (Å²) in [7, 11) is 0. The molecule has 1 aliphatic heterocycles. The molecule has 1 unspecified atom stereocenters. The molecule has 1 saturated heterocycles. The SMILES string of the molecule is NC(=O)C(CN1CCOCC1)C(=O)O. The van der Waals surface area contributed by atoms with E-state index in [0.717, 1.165) is 0 Å². The van der Waals surface area contributed by atoms with Crippen LogP contribution in [-0.2, 0) is 14.3 Å². The number of hydrogen-bond donors (Lipinski definition) is 2. The Morgan fingerprint density at radius 3 is 2.43 bits per heavy atom. The van der Waals surface area contributed by atoms with Gasteiger partial charge in [-0.25, -0.2) is 0 Å². The second-order valence-electron chi connectivity index (χ2n) is 3.21. The van der Waals surface area contributed by atoms with Gasteiger partial charge in [-0.15, -0.1) is 0 Å². The lowest BCUT2D eigenvalue weighted by Gasteiger charge is -2.27. The van der Waals surface area contributed by atoms with E-state index in [1.165, 1.54) is 0 Å². The lowest BCUT2D eigenvalue weighted by molar-refractivity contribution is -0.147. The van der Waals surface area contributed by atoms with Crippen molar-refractivity contribution >= 4 is 11.9 Å². The third-order valence-electron chi connectivity index (χ3n) is 2.19. The minimum absolute atomic E-state index is 0.175. The Balaban J connectivity index is 2.45. The lowest BCUT2D eigenvalue weighted by Crippen LogP contribution is -2.45. The van der Waals surface area contributed by atoms with E-state index in [1.807, 2.05) is 4.90 Å². The first-order valence-corrected chi connectivity index (χ1v) is 4.43. The summed E-state index contributed by atoms with van der Waals surface area (Å²) in [6.07, 6.45) is 0. The number of carbonyl (C=O) groups is 2. The fourth-order valence-corrected chi connectivity index (χ4v) is 1.33. The molecule has 6 nitrogen and oxygen atoms in total. The molecule has 1 rings (SSSR count). The Kier molecular flexibility index (Phi) is 3.84. The summed E-state index contributed by atoms with van der Waals surface area (Å²) in [5.74, 6) is -3.07. The van der Waals surface area contributed by atoms with E-state index in [4.69, 9.17) is 15.6 Å². The van der Waals surface area contributed by atoms with E-state index in [-0.39, 0.29) is 6.54 Å². The number of nitrogens with zero attached hydrogens (tertiary/aromatic N) is 1. The number of carboxylic acids is 1. The molecular weight excluding hydrogens is 188 g/mol. The van der Waals surface area contributed by atoms with Crippen LogP contribution >= 0.6 is 0 Å². The number of morpholine rings is 1. The maximum Gasteiger partial charge on any atom is 0.317 e. The van der Waals surface area contributed by atoms with Crippen LogP contribution in [0.1, 0.15) is 0 Å². The van der Waals surface area contributed by atoms with Crippen LogP contribution in [0.3, 0.4) is 0 Å². The van der Waals surface area contributed by atoms with Gasteiger partial charge in [0.1, 0.15) is 5.92 Å². The van der Waals surface area contributed by atoms with Gasteiger partial charge in [-0.1, -0.05) is 0 Å². The van der Waals surface area contributed by atoms with Crippen molar-refractivity contribution in [1.82, 2.24) is 4.90 Å². The van der Waals surface area contributed by atoms with Gasteiger partial charge >= 0.3 is 5.97 Å². The molecule has 1 heterocycles. The summed E-state index contributed by atoms with van der Waals surface area (Å²) >= 11 is 0. The van der Waals surface area contributed by atoms with Gasteiger partial charge in [-0.05, 0) is 0 Å². The number of aliphatic carboxylic acids is 1. The van der Waals surface area contributed by atoms with E-state index in [0.29, 0.717) is 26.3 Å². The third kappa shape index (κ3) is 2.97. The highest BCUT2D eigenvalue weighted by Crippen LogP contribution is 2.03. The van der Waals surface area contributed by atoms with Crippen LogP contribution in [0.25, 0.3) is 0 Å². The van der Waals surface area contributed by atoms with E-state index < -0.39 is 17.8 Å². The molecule has 14 heavy (non-hydrogen) atoms. The Morgan fingerprint density at radius 1 is 1.43 bits per heavy atom. The first kappa shape index (κ1) is 10.9. The van der Waals surface area contributed by atoms with Crippen LogP contribution in [0.2, 0.25) is 0 Å². The van der Waals surface area contributed by atoms with Crippen molar-refractivity contribution in [3.8, 4) is 0 Å². The number of carboxylic acid groups (broad SMARTS) is 1. The van der Waals surface area contributed by atoms with Crippen LogP contribution in [0.4, 0.5) is 0 Å². The Hall–Kier alpha value is -1.14. The average Bonchev–Trinajstić information content (AvgIpc) is 2.15. The van der Waals surface area contributed by atoms with E-state index in [1.54, 1.807) is 0 Å². The number of carbonyl (C=O) groups excluding carboxylic acids is 1. The summed E-state index contributed by atoms with van der Waals surface area (Å²) in [5, 5.41) is 8.72. The maximum atomic E-state index is 10.8. The Morgan fingerprint density at radius 2 is 2.00 bits per heavy atom. The summed E-state index contributed by atoms with van der Waals surface area (Å²) < 4.78 is 5.10.